The number of benzene rings is 1. The zero-order valence-electron chi connectivity index (χ0n) is 16.5. The summed E-state index contributed by atoms with van der Waals surface area (Å²) in [5.74, 6) is 1.03. The summed E-state index contributed by atoms with van der Waals surface area (Å²) in [5.41, 5.74) is 9.23. The van der Waals surface area contributed by atoms with Gasteiger partial charge in [0.25, 0.3) is 0 Å². The third kappa shape index (κ3) is 2.78. The highest BCUT2D eigenvalue weighted by Crippen LogP contribution is 2.45. The summed E-state index contributed by atoms with van der Waals surface area (Å²) >= 11 is 5.59. The first-order chi connectivity index (χ1) is 12.5. The van der Waals surface area contributed by atoms with Crippen LogP contribution in [0, 0.1) is 12.8 Å². The van der Waals surface area contributed by atoms with Crippen LogP contribution in [-0.4, -0.2) is 33.7 Å². The lowest BCUT2D eigenvalue weighted by Gasteiger charge is -2.44. The maximum Gasteiger partial charge on any atom is 0.0971 e. The van der Waals surface area contributed by atoms with Gasteiger partial charge < -0.3 is 0 Å². The van der Waals surface area contributed by atoms with Crippen molar-refractivity contribution in [3.05, 3.63) is 35.0 Å². The van der Waals surface area contributed by atoms with Gasteiger partial charge in [0.2, 0.25) is 0 Å². The van der Waals surface area contributed by atoms with Crippen LogP contribution >= 0.6 is 12.2 Å². The molecule has 0 radical (unpaired) electrons. The second-order valence-electron chi connectivity index (χ2n) is 8.33. The van der Waals surface area contributed by atoms with E-state index >= 15 is 0 Å². The number of nitrogens with zero attached hydrogens (tertiary/aromatic N) is 2. The Labute approximate surface area is 162 Å². The molecule has 2 heterocycles. The van der Waals surface area contributed by atoms with Crippen LogP contribution in [0.3, 0.4) is 0 Å². The van der Waals surface area contributed by atoms with Crippen LogP contribution in [0.15, 0.2) is 18.2 Å². The SMILES string of the molecule is CCCN1CCC[C@@H]2c3cccc4c3c(c(C)n4NC(=S)C(C)C)C[C@H]21. The van der Waals surface area contributed by atoms with Gasteiger partial charge in [-0.15, -0.1) is 0 Å². The summed E-state index contributed by atoms with van der Waals surface area (Å²) in [5, 5.41) is 1.49. The number of aromatic nitrogens is 1. The molecule has 1 aliphatic carbocycles. The Morgan fingerprint density at radius 3 is 2.88 bits per heavy atom. The van der Waals surface area contributed by atoms with Crippen molar-refractivity contribution in [3.8, 4) is 0 Å². The number of hydrogen-bond acceptors (Lipinski definition) is 2. The molecule has 0 bridgehead atoms. The van der Waals surface area contributed by atoms with Crippen LogP contribution in [0.4, 0.5) is 0 Å². The van der Waals surface area contributed by atoms with E-state index in [9.17, 15) is 0 Å². The van der Waals surface area contributed by atoms with E-state index in [0.717, 1.165) is 4.99 Å². The Morgan fingerprint density at radius 2 is 2.15 bits per heavy atom. The first-order valence-electron chi connectivity index (χ1n) is 10.2. The van der Waals surface area contributed by atoms with E-state index in [1.807, 2.05) is 0 Å². The standard InChI is InChI=1S/C22H31N3S/c1-5-11-24-12-7-9-16-17-8-6-10-19-21(17)18(13-20(16)24)15(4)25(19)23-22(26)14(2)3/h6,8,10,14,16,20H,5,7,9,11-13H2,1-4H3,(H,23,26)/t16-,20-/m1/s1. The maximum absolute atomic E-state index is 5.59. The van der Waals surface area contributed by atoms with Gasteiger partial charge in [-0.3, -0.25) is 15.0 Å². The summed E-state index contributed by atoms with van der Waals surface area (Å²) in [6.45, 7) is 11.3. The second kappa shape index (κ2) is 6.97. The Kier molecular flexibility index (Phi) is 4.83. The fraction of sp³-hybridized carbons (Fsp3) is 0.591. The quantitative estimate of drug-likeness (QED) is 0.767. The number of rotatable bonds is 4. The van der Waals surface area contributed by atoms with Crippen molar-refractivity contribution in [2.75, 3.05) is 18.5 Å². The molecule has 0 spiro atoms. The zero-order chi connectivity index (χ0) is 18.4. The molecule has 2 aliphatic rings. The Hall–Kier alpha value is -1.39. The molecule has 2 atom stereocenters. The molecule has 1 aromatic carbocycles. The van der Waals surface area contributed by atoms with E-state index in [-0.39, 0.29) is 0 Å². The van der Waals surface area contributed by atoms with Gasteiger partial charge >= 0.3 is 0 Å². The van der Waals surface area contributed by atoms with Crippen molar-refractivity contribution in [1.29, 1.82) is 0 Å². The highest BCUT2D eigenvalue weighted by Gasteiger charge is 2.38. The van der Waals surface area contributed by atoms with Gasteiger partial charge in [0, 0.05) is 29.0 Å². The molecule has 26 heavy (non-hydrogen) atoms. The van der Waals surface area contributed by atoms with Crippen LogP contribution in [0.2, 0.25) is 0 Å². The minimum Gasteiger partial charge on any atom is -0.299 e. The third-order valence-corrected chi connectivity index (χ3v) is 6.92. The van der Waals surface area contributed by atoms with Crippen molar-refractivity contribution in [3.63, 3.8) is 0 Å². The van der Waals surface area contributed by atoms with Crippen molar-refractivity contribution in [2.45, 2.75) is 65.3 Å². The highest BCUT2D eigenvalue weighted by atomic mass is 32.1. The smallest absolute Gasteiger partial charge is 0.0971 e. The molecule has 0 amide bonds. The average molecular weight is 370 g/mol. The average Bonchev–Trinajstić information content (AvgIpc) is 2.90. The molecule has 140 valence electrons. The summed E-state index contributed by atoms with van der Waals surface area (Å²) in [6.07, 6.45) is 5.06. The molecule has 1 saturated heterocycles. The normalized spacial score (nSPS) is 22.7. The molecule has 1 fully saturated rings. The predicted octanol–water partition coefficient (Wildman–Crippen LogP) is 4.99. The van der Waals surface area contributed by atoms with E-state index in [1.165, 1.54) is 60.9 Å². The lowest BCUT2D eigenvalue weighted by Crippen LogP contribution is -2.47. The fourth-order valence-electron chi connectivity index (χ4n) is 5.05. The molecule has 2 aromatic rings. The Balaban J connectivity index is 1.82. The zero-order valence-corrected chi connectivity index (χ0v) is 17.3. The predicted molar refractivity (Wildman–Crippen MR) is 115 cm³/mol. The first-order valence-corrected chi connectivity index (χ1v) is 10.6. The molecule has 1 aromatic heterocycles. The van der Waals surface area contributed by atoms with E-state index in [1.54, 1.807) is 5.56 Å². The van der Waals surface area contributed by atoms with E-state index < -0.39 is 0 Å². The summed E-state index contributed by atoms with van der Waals surface area (Å²) < 4.78 is 2.25. The van der Waals surface area contributed by atoms with Gasteiger partial charge in [0.15, 0.2) is 0 Å². The Morgan fingerprint density at radius 1 is 1.35 bits per heavy atom. The number of fused-ring (bicyclic) bond motifs is 2. The maximum atomic E-state index is 5.59. The third-order valence-electron chi connectivity index (χ3n) is 6.35. The molecule has 0 saturated carbocycles. The van der Waals surface area contributed by atoms with Crippen molar-refractivity contribution in [1.82, 2.24) is 9.58 Å². The number of hydrogen-bond donors (Lipinski definition) is 1. The summed E-state index contributed by atoms with van der Waals surface area (Å²) in [7, 11) is 0. The van der Waals surface area contributed by atoms with Crippen molar-refractivity contribution in [2.24, 2.45) is 5.92 Å². The molecule has 4 rings (SSSR count). The van der Waals surface area contributed by atoms with Crippen LogP contribution < -0.4 is 5.43 Å². The first kappa shape index (κ1) is 18.0. The minimum atomic E-state index is 0.348. The molecule has 0 unspecified atom stereocenters. The fourth-order valence-corrected chi connectivity index (χ4v) is 5.14. The van der Waals surface area contributed by atoms with Crippen LogP contribution in [0.25, 0.3) is 10.9 Å². The summed E-state index contributed by atoms with van der Waals surface area (Å²) in [4.78, 5) is 3.66. The lowest BCUT2D eigenvalue weighted by molar-refractivity contribution is 0.124. The van der Waals surface area contributed by atoms with Crippen LogP contribution in [-0.2, 0) is 6.42 Å². The highest BCUT2D eigenvalue weighted by molar-refractivity contribution is 7.80. The van der Waals surface area contributed by atoms with Crippen LogP contribution in [0.5, 0.6) is 0 Å². The molecular weight excluding hydrogens is 338 g/mol. The summed E-state index contributed by atoms with van der Waals surface area (Å²) in [6, 6.07) is 7.52. The molecule has 4 heteroatoms. The largest absolute Gasteiger partial charge is 0.299 e. The number of thiocarbonyl (C=S) groups is 1. The van der Waals surface area contributed by atoms with Gasteiger partial charge in [-0.1, -0.05) is 45.1 Å². The lowest BCUT2D eigenvalue weighted by atomic mass is 9.74. The van der Waals surface area contributed by atoms with E-state index in [4.69, 9.17) is 12.2 Å². The number of nitrogens with one attached hydrogen (secondary N) is 1. The van der Waals surface area contributed by atoms with E-state index in [0.29, 0.717) is 17.9 Å². The van der Waals surface area contributed by atoms with Crippen LogP contribution in [0.1, 0.15) is 62.8 Å². The molecule has 1 N–H and O–H groups in total. The van der Waals surface area contributed by atoms with Crippen molar-refractivity contribution < 1.29 is 0 Å². The number of likely N-dealkylation sites (tertiary alicyclic amines) is 1. The van der Waals surface area contributed by atoms with Gasteiger partial charge in [0.1, 0.15) is 0 Å². The Bertz CT molecular complexity index is 834. The monoisotopic (exact) mass is 369 g/mol. The van der Waals surface area contributed by atoms with Gasteiger partial charge in [0.05, 0.1) is 10.5 Å². The topological polar surface area (TPSA) is 20.2 Å². The number of piperidine rings is 1. The van der Waals surface area contributed by atoms with E-state index in [2.05, 4.69) is 60.9 Å². The second-order valence-corrected chi connectivity index (χ2v) is 8.77. The molecular formula is C22H31N3S. The van der Waals surface area contributed by atoms with Gasteiger partial charge in [-0.2, -0.15) is 0 Å². The minimum absolute atomic E-state index is 0.348. The van der Waals surface area contributed by atoms with Crippen molar-refractivity contribution >= 4 is 28.1 Å². The molecule has 1 aliphatic heterocycles. The molecule has 3 nitrogen and oxygen atoms in total. The van der Waals surface area contributed by atoms with Gasteiger partial charge in [-0.25, -0.2) is 0 Å². The van der Waals surface area contributed by atoms with Gasteiger partial charge in [-0.05, 0) is 62.9 Å².